The van der Waals surface area contributed by atoms with Crippen molar-refractivity contribution in [3.8, 4) is 17.0 Å². The maximum absolute atomic E-state index is 6.08. The van der Waals surface area contributed by atoms with Crippen LogP contribution < -0.4 is 10.1 Å². The van der Waals surface area contributed by atoms with E-state index < -0.39 is 0 Å². The second kappa shape index (κ2) is 9.01. The number of rotatable bonds is 7. The summed E-state index contributed by atoms with van der Waals surface area (Å²) in [4.78, 5) is 9.05. The molecule has 31 heavy (non-hydrogen) atoms. The molecule has 1 N–H and O–H groups in total. The minimum absolute atomic E-state index is 0.0264. The highest BCUT2D eigenvalue weighted by Crippen LogP contribution is 2.31. The van der Waals surface area contributed by atoms with E-state index in [0.717, 1.165) is 22.6 Å². The molecule has 0 bridgehead atoms. The minimum Gasteiger partial charge on any atom is -0.497 e. The number of fused-ring (bicyclic) bond motifs is 1. The minimum atomic E-state index is -0.0917. The lowest BCUT2D eigenvalue weighted by atomic mass is 10.1. The van der Waals surface area contributed by atoms with Crippen molar-refractivity contribution in [2.45, 2.75) is 31.0 Å². The van der Waals surface area contributed by atoms with Gasteiger partial charge in [0.05, 0.1) is 38.7 Å². The SMILES string of the molecule is COc1ccc(-c2ccnc(N[C@@H]3CO[C@@H]4[C@@H]3OC[C@H]4OCc3ccccc3)n2)cc1. The van der Waals surface area contributed by atoms with Crippen molar-refractivity contribution >= 4 is 5.95 Å². The van der Waals surface area contributed by atoms with Crippen molar-refractivity contribution in [3.05, 3.63) is 72.4 Å². The van der Waals surface area contributed by atoms with Crippen LogP contribution in [0.2, 0.25) is 0 Å². The number of anilines is 1. The average molecular weight is 419 g/mol. The molecule has 1 aromatic heterocycles. The maximum atomic E-state index is 6.08. The molecule has 2 saturated heterocycles. The molecule has 160 valence electrons. The number of aromatic nitrogens is 2. The number of ether oxygens (including phenoxy) is 4. The van der Waals surface area contributed by atoms with Crippen LogP contribution in [0.1, 0.15) is 5.56 Å². The smallest absolute Gasteiger partial charge is 0.223 e. The summed E-state index contributed by atoms with van der Waals surface area (Å²) in [5.41, 5.74) is 2.98. The normalized spacial score (nSPS) is 24.7. The highest BCUT2D eigenvalue weighted by Gasteiger charge is 2.48. The molecule has 0 aliphatic carbocycles. The molecule has 0 saturated carbocycles. The van der Waals surface area contributed by atoms with Gasteiger partial charge in [-0.1, -0.05) is 30.3 Å². The molecule has 0 unspecified atom stereocenters. The van der Waals surface area contributed by atoms with Gasteiger partial charge in [-0.15, -0.1) is 0 Å². The lowest BCUT2D eigenvalue weighted by Crippen LogP contribution is -2.37. The number of hydrogen-bond acceptors (Lipinski definition) is 7. The van der Waals surface area contributed by atoms with E-state index >= 15 is 0 Å². The molecule has 4 atom stereocenters. The van der Waals surface area contributed by atoms with Crippen LogP contribution in [0.5, 0.6) is 5.75 Å². The first-order chi connectivity index (χ1) is 15.3. The van der Waals surface area contributed by atoms with Crippen LogP contribution in [0, 0.1) is 0 Å². The van der Waals surface area contributed by atoms with Gasteiger partial charge in [0.1, 0.15) is 24.1 Å². The Kier molecular flexibility index (Phi) is 5.80. The van der Waals surface area contributed by atoms with Crippen molar-refractivity contribution in [1.82, 2.24) is 9.97 Å². The van der Waals surface area contributed by atoms with Crippen molar-refractivity contribution < 1.29 is 18.9 Å². The molecule has 2 aliphatic heterocycles. The van der Waals surface area contributed by atoms with Crippen LogP contribution in [0.4, 0.5) is 5.95 Å². The molecule has 2 fully saturated rings. The maximum Gasteiger partial charge on any atom is 0.223 e. The van der Waals surface area contributed by atoms with Crippen LogP contribution >= 0.6 is 0 Å². The topological polar surface area (TPSA) is 74.7 Å². The first kappa shape index (κ1) is 19.9. The highest BCUT2D eigenvalue weighted by molar-refractivity contribution is 5.61. The molecular weight excluding hydrogens is 394 g/mol. The van der Waals surface area contributed by atoms with E-state index in [1.165, 1.54) is 0 Å². The Bertz CT molecular complexity index is 999. The lowest BCUT2D eigenvalue weighted by Gasteiger charge is -2.18. The number of nitrogens with one attached hydrogen (secondary N) is 1. The summed E-state index contributed by atoms with van der Waals surface area (Å²) in [6.07, 6.45) is 1.49. The summed E-state index contributed by atoms with van der Waals surface area (Å²) in [5.74, 6) is 1.37. The number of benzene rings is 2. The molecule has 2 aromatic carbocycles. The van der Waals surface area contributed by atoms with Crippen molar-refractivity contribution in [2.24, 2.45) is 0 Å². The van der Waals surface area contributed by atoms with E-state index in [1.807, 2.05) is 48.5 Å². The largest absolute Gasteiger partial charge is 0.497 e. The molecule has 3 heterocycles. The van der Waals surface area contributed by atoms with Gasteiger partial charge in [-0.05, 0) is 35.9 Å². The van der Waals surface area contributed by atoms with E-state index in [1.54, 1.807) is 13.3 Å². The summed E-state index contributed by atoms with van der Waals surface area (Å²) in [5, 5.41) is 3.39. The second-order valence-corrected chi connectivity index (χ2v) is 7.68. The lowest BCUT2D eigenvalue weighted by molar-refractivity contribution is -0.0388. The van der Waals surface area contributed by atoms with Crippen molar-refractivity contribution in [2.75, 3.05) is 25.6 Å². The van der Waals surface area contributed by atoms with E-state index in [4.69, 9.17) is 18.9 Å². The molecular formula is C24H25N3O4. The average Bonchev–Trinajstić information content (AvgIpc) is 3.42. The number of methoxy groups -OCH3 is 1. The van der Waals surface area contributed by atoms with Gasteiger partial charge < -0.3 is 24.3 Å². The molecule has 7 heteroatoms. The third-order valence-corrected chi connectivity index (χ3v) is 5.67. The molecule has 0 spiro atoms. The zero-order chi connectivity index (χ0) is 21.0. The van der Waals surface area contributed by atoms with Crippen LogP contribution in [-0.4, -0.2) is 54.6 Å². The fourth-order valence-electron chi connectivity index (χ4n) is 4.02. The predicted octanol–water partition coefficient (Wildman–Crippen LogP) is 3.32. The van der Waals surface area contributed by atoms with Gasteiger partial charge in [0, 0.05) is 11.8 Å². The highest BCUT2D eigenvalue weighted by atomic mass is 16.6. The predicted molar refractivity (Wildman–Crippen MR) is 116 cm³/mol. The first-order valence-corrected chi connectivity index (χ1v) is 10.4. The summed E-state index contributed by atoms with van der Waals surface area (Å²) < 4.78 is 23.3. The van der Waals surface area contributed by atoms with Gasteiger partial charge in [-0.25, -0.2) is 9.97 Å². The van der Waals surface area contributed by atoms with Crippen LogP contribution in [0.3, 0.4) is 0 Å². The first-order valence-electron chi connectivity index (χ1n) is 10.4. The fraction of sp³-hybridized carbons (Fsp3) is 0.333. The quantitative estimate of drug-likeness (QED) is 0.630. The van der Waals surface area contributed by atoms with Gasteiger partial charge in [-0.2, -0.15) is 0 Å². The van der Waals surface area contributed by atoms with Crippen LogP contribution in [0.25, 0.3) is 11.3 Å². The molecule has 3 aromatic rings. The van der Waals surface area contributed by atoms with Gasteiger partial charge in [0.15, 0.2) is 0 Å². The Hall–Kier alpha value is -3.00. The van der Waals surface area contributed by atoms with Crippen LogP contribution in [0.15, 0.2) is 66.9 Å². The van der Waals surface area contributed by atoms with Crippen LogP contribution in [-0.2, 0) is 20.8 Å². The third-order valence-electron chi connectivity index (χ3n) is 5.67. The van der Waals surface area contributed by atoms with Gasteiger partial charge >= 0.3 is 0 Å². The Morgan fingerprint density at radius 1 is 0.968 bits per heavy atom. The van der Waals surface area contributed by atoms with Gasteiger partial charge in [-0.3, -0.25) is 0 Å². The molecule has 0 amide bonds. The van der Waals surface area contributed by atoms with E-state index in [0.29, 0.717) is 25.8 Å². The Balaban J connectivity index is 1.21. The number of nitrogens with zero attached hydrogens (tertiary/aromatic N) is 2. The second-order valence-electron chi connectivity index (χ2n) is 7.68. The fourth-order valence-corrected chi connectivity index (χ4v) is 4.02. The Morgan fingerprint density at radius 2 is 1.77 bits per heavy atom. The standard InChI is InChI=1S/C24H25N3O4/c1-28-18-9-7-17(8-10-18)19-11-12-25-24(26-19)27-20-14-30-23-21(15-31-22(20)23)29-13-16-5-3-2-4-6-16/h2-12,20-23H,13-15H2,1H3,(H,25,26,27)/t20-,21-,22-,23+/m1/s1. The monoisotopic (exact) mass is 419 g/mol. The van der Waals surface area contributed by atoms with Gasteiger partial charge in [0.25, 0.3) is 0 Å². The molecule has 7 nitrogen and oxygen atoms in total. The van der Waals surface area contributed by atoms with Crippen molar-refractivity contribution in [3.63, 3.8) is 0 Å². The summed E-state index contributed by atoms with van der Waals surface area (Å²) in [6, 6.07) is 19.8. The Labute approximate surface area is 181 Å². The van der Waals surface area contributed by atoms with Crippen molar-refractivity contribution in [1.29, 1.82) is 0 Å². The summed E-state index contributed by atoms with van der Waals surface area (Å²) in [7, 11) is 1.65. The number of hydrogen-bond donors (Lipinski definition) is 1. The van der Waals surface area contributed by atoms with E-state index in [-0.39, 0.29) is 24.4 Å². The zero-order valence-corrected chi connectivity index (χ0v) is 17.3. The van der Waals surface area contributed by atoms with E-state index in [2.05, 4.69) is 27.4 Å². The molecule has 5 rings (SSSR count). The van der Waals surface area contributed by atoms with Gasteiger partial charge in [0.2, 0.25) is 5.95 Å². The van der Waals surface area contributed by atoms with E-state index in [9.17, 15) is 0 Å². The molecule has 2 aliphatic rings. The zero-order valence-electron chi connectivity index (χ0n) is 17.3. The third kappa shape index (κ3) is 4.39. The molecule has 0 radical (unpaired) electrons. The summed E-state index contributed by atoms with van der Waals surface area (Å²) in [6.45, 7) is 1.59. The Morgan fingerprint density at radius 3 is 2.58 bits per heavy atom. The summed E-state index contributed by atoms with van der Waals surface area (Å²) >= 11 is 0.